The van der Waals surface area contributed by atoms with Gasteiger partial charge in [0.15, 0.2) is 0 Å². The summed E-state index contributed by atoms with van der Waals surface area (Å²) in [5.41, 5.74) is 4.18. The maximum Gasteiger partial charge on any atom is 0.131 e. The number of aryl methyl sites for hydroxylation is 1. The SMILES string of the molecule is Cn1ccnc1N1[C-]=Nc2ccccc2-c2ccccc21.[Ir]. The first-order valence-electron chi connectivity index (χ1n) is 6.77. The first kappa shape index (κ1) is 14.7. The van der Waals surface area contributed by atoms with Crippen molar-refractivity contribution < 1.29 is 20.1 Å². The van der Waals surface area contributed by atoms with E-state index >= 15 is 0 Å². The Labute approximate surface area is 142 Å². The summed E-state index contributed by atoms with van der Waals surface area (Å²) in [5, 5.41) is 0. The van der Waals surface area contributed by atoms with Gasteiger partial charge in [0, 0.05) is 45.9 Å². The van der Waals surface area contributed by atoms with Crippen LogP contribution >= 0.6 is 0 Å². The molecule has 0 saturated heterocycles. The van der Waals surface area contributed by atoms with Crippen molar-refractivity contribution in [3.63, 3.8) is 0 Å². The third-order valence-electron chi connectivity index (χ3n) is 3.61. The van der Waals surface area contributed by atoms with Crippen molar-refractivity contribution in [2.24, 2.45) is 12.0 Å². The predicted molar refractivity (Wildman–Crippen MR) is 84.3 cm³/mol. The van der Waals surface area contributed by atoms with E-state index in [4.69, 9.17) is 0 Å². The van der Waals surface area contributed by atoms with Crippen LogP contribution in [0.25, 0.3) is 11.1 Å². The number of fused-ring (bicyclic) bond motifs is 3. The number of anilines is 2. The summed E-state index contributed by atoms with van der Waals surface area (Å²) in [5.74, 6) is 0.791. The monoisotopic (exact) mass is 466 g/mol. The molecule has 0 unspecified atom stereocenters. The molecular formula is C17H13IrN4-. The topological polar surface area (TPSA) is 33.4 Å². The number of aromatic nitrogens is 2. The molecule has 4 rings (SSSR count). The molecule has 2 heterocycles. The van der Waals surface area contributed by atoms with Crippen LogP contribution in [-0.4, -0.2) is 15.9 Å². The molecule has 1 aromatic heterocycles. The van der Waals surface area contributed by atoms with Gasteiger partial charge in [0.2, 0.25) is 0 Å². The quantitative estimate of drug-likeness (QED) is 0.513. The minimum atomic E-state index is 0. The van der Waals surface area contributed by atoms with Crippen LogP contribution in [0.3, 0.4) is 0 Å². The van der Waals surface area contributed by atoms with Crippen LogP contribution in [0.15, 0.2) is 65.9 Å². The van der Waals surface area contributed by atoms with E-state index in [0.29, 0.717) is 0 Å². The molecule has 1 aliphatic rings. The molecule has 1 radical (unpaired) electrons. The number of para-hydroxylation sites is 2. The minimum Gasteiger partial charge on any atom is -0.390 e. The van der Waals surface area contributed by atoms with Gasteiger partial charge in [-0.25, -0.2) is 0 Å². The fourth-order valence-corrected chi connectivity index (χ4v) is 2.58. The van der Waals surface area contributed by atoms with Crippen molar-refractivity contribution in [2.75, 3.05) is 4.90 Å². The van der Waals surface area contributed by atoms with E-state index in [1.165, 1.54) is 0 Å². The van der Waals surface area contributed by atoms with Gasteiger partial charge >= 0.3 is 0 Å². The third-order valence-corrected chi connectivity index (χ3v) is 3.61. The maximum absolute atomic E-state index is 4.50. The first-order chi connectivity index (χ1) is 10.3. The smallest absolute Gasteiger partial charge is 0.131 e. The second kappa shape index (κ2) is 5.87. The van der Waals surface area contributed by atoms with E-state index in [0.717, 1.165) is 28.5 Å². The third kappa shape index (κ3) is 2.28. The van der Waals surface area contributed by atoms with Crippen molar-refractivity contribution in [3.05, 3.63) is 60.9 Å². The molecule has 0 atom stereocenters. The second-order valence-corrected chi connectivity index (χ2v) is 4.92. The number of benzene rings is 2. The molecule has 2 aromatic carbocycles. The zero-order chi connectivity index (χ0) is 14.2. The van der Waals surface area contributed by atoms with Crippen molar-refractivity contribution in [3.8, 4) is 11.1 Å². The van der Waals surface area contributed by atoms with Crippen molar-refractivity contribution in [1.82, 2.24) is 9.55 Å². The van der Waals surface area contributed by atoms with Crippen LogP contribution in [-0.2, 0) is 27.2 Å². The summed E-state index contributed by atoms with van der Waals surface area (Å²) in [7, 11) is 1.96. The molecule has 0 saturated carbocycles. The Morgan fingerprint density at radius 1 is 0.955 bits per heavy atom. The molecule has 0 aliphatic carbocycles. The van der Waals surface area contributed by atoms with Crippen molar-refractivity contribution >= 4 is 23.7 Å². The molecule has 5 heteroatoms. The number of imidazole rings is 1. The Morgan fingerprint density at radius 2 is 1.68 bits per heavy atom. The number of nitrogens with zero attached hydrogens (tertiary/aromatic N) is 4. The normalized spacial score (nSPS) is 12.1. The summed E-state index contributed by atoms with van der Waals surface area (Å²) in [6.45, 7) is 0. The molecule has 22 heavy (non-hydrogen) atoms. The molecule has 4 nitrogen and oxygen atoms in total. The average molecular weight is 466 g/mol. The fourth-order valence-electron chi connectivity index (χ4n) is 2.58. The van der Waals surface area contributed by atoms with Crippen LogP contribution in [0, 0.1) is 0 Å². The van der Waals surface area contributed by atoms with Gasteiger partial charge in [-0.2, -0.15) is 0 Å². The molecule has 0 N–H and O–H groups in total. The summed E-state index contributed by atoms with van der Waals surface area (Å²) in [6.07, 6.45) is 6.80. The molecule has 0 amide bonds. The van der Waals surface area contributed by atoms with Crippen molar-refractivity contribution in [2.45, 2.75) is 0 Å². The molecule has 0 fully saturated rings. The summed E-state index contributed by atoms with van der Waals surface area (Å²) in [4.78, 5) is 10.8. The van der Waals surface area contributed by atoms with Gasteiger partial charge in [-0.3, -0.25) is 4.98 Å². The van der Waals surface area contributed by atoms with Crippen LogP contribution in [0.4, 0.5) is 17.3 Å². The van der Waals surface area contributed by atoms with Gasteiger partial charge in [0.05, 0.1) is 0 Å². The Balaban J connectivity index is 0.00000144. The van der Waals surface area contributed by atoms with E-state index < -0.39 is 0 Å². The van der Waals surface area contributed by atoms with Gasteiger partial charge < -0.3 is 14.5 Å². The van der Waals surface area contributed by atoms with E-state index in [9.17, 15) is 0 Å². The van der Waals surface area contributed by atoms with Crippen LogP contribution in [0.5, 0.6) is 0 Å². The number of hydrogen-bond donors (Lipinski definition) is 0. The summed E-state index contributed by atoms with van der Waals surface area (Å²) in [6, 6.07) is 16.3. The maximum atomic E-state index is 4.50. The van der Waals surface area contributed by atoms with Gasteiger partial charge in [-0.05, 0) is 22.5 Å². The minimum absolute atomic E-state index is 0. The van der Waals surface area contributed by atoms with Gasteiger partial charge in [-0.15, -0.1) is 0 Å². The van der Waals surface area contributed by atoms with E-state index in [-0.39, 0.29) is 20.1 Å². The van der Waals surface area contributed by atoms with E-state index in [2.05, 4.69) is 34.5 Å². The Morgan fingerprint density at radius 3 is 2.45 bits per heavy atom. The van der Waals surface area contributed by atoms with Gasteiger partial charge in [0.1, 0.15) is 5.95 Å². The average Bonchev–Trinajstić information content (AvgIpc) is 2.87. The predicted octanol–water partition coefficient (Wildman–Crippen LogP) is 3.77. The molecule has 0 spiro atoms. The zero-order valence-electron chi connectivity index (χ0n) is 11.9. The number of aliphatic imine (C=N–C) groups is 1. The van der Waals surface area contributed by atoms with Crippen molar-refractivity contribution in [1.29, 1.82) is 0 Å². The fraction of sp³-hybridized carbons (Fsp3) is 0.0588. The first-order valence-corrected chi connectivity index (χ1v) is 6.77. The summed E-state index contributed by atoms with van der Waals surface area (Å²) >= 11 is 0. The van der Waals surface area contributed by atoms with Crippen LogP contribution in [0.2, 0.25) is 0 Å². The molecular weight excluding hydrogens is 452 g/mol. The van der Waals surface area contributed by atoms with Crippen LogP contribution in [0.1, 0.15) is 0 Å². The molecule has 0 bridgehead atoms. The van der Waals surface area contributed by atoms with E-state index in [1.807, 2.05) is 53.0 Å². The number of rotatable bonds is 1. The zero-order valence-corrected chi connectivity index (χ0v) is 14.3. The van der Waals surface area contributed by atoms with Crippen LogP contribution < -0.4 is 4.90 Å². The second-order valence-electron chi connectivity index (χ2n) is 4.92. The summed E-state index contributed by atoms with van der Waals surface area (Å²) < 4.78 is 1.95. The Hall–Kier alpha value is -2.23. The largest absolute Gasteiger partial charge is 0.390 e. The molecule has 111 valence electrons. The van der Waals surface area contributed by atoms with Gasteiger partial charge in [0.25, 0.3) is 0 Å². The van der Waals surface area contributed by atoms with Gasteiger partial charge in [-0.1, -0.05) is 48.5 Å². The molecule has 1 aliphatic heterocycles. The molecule has 3 aromatic rings. The standard InChI is InChI=1S/C17H13N4.Ir/c1-20-11-10-18-17(20)21-12-19-15-8-4-2-6-13(15)14-7-3-5-9-16(14)21;/h2-11H,1H3;/q-1;. The number of hydrogen-bond acceptors (Lipinski definition) is 3. The Bertz CT molecular complexity index is 838. The Kier molecular flexibility index (Phi) is 3.92. The van der Waals surface area contributed by atoms with E-state index in [1.54, 1.807) is 6.20 Å².